The molecule has 30 heavy (non-hydrogen) atoms. The molecule has 1 amide bonds. The molecule has 1 aliphatic heterocycles. The van der Waals surface area contributed by atoms with Crippen molar-refractivity contribution in [3.05, 3.63) is 64.5 Å². The van der Waals surface area contributed by atoms with E-state index in [1.807, 2.05) is 24.4 Å². The van der Waals surface area contributed by atoms with Crippen molar-refractivity contribution in [3.8, 4) is 0 Å². The molecule has 5 heterocycles. The molecule has 6 rings (SSSR count). The van der Waals surface area contributed by atoms with Gasteiger partial charge in [0.15, 0.2) is 5.82 Å². The first-order valence-electron chi connectivity index (χ1n) is 9.98. The molecule has 1 N–H and O–H groups in total. The average Bonchev–Trinajstić information content (AvgIpc) is 3.14. The molecule has 4 aromatic rings. The number of hydrogen-bond donors (Lipinski definition) is 1. The summed E-state index contributed by atoms with van der Waals surface area (Å²) in [5.74, 6) is 1.32. The number of H-pyrrole nitrogens is 1. The van der Waals surface area contributed by atoms with Gasteiger partial charge in [0.25, 0.3) is 5.91 Å². The Morgan fingerprint density at radius 1 is 1.30 bits per heavy atom. The highest BCUT2D eigenvalue weighted by Crippen LogP contribution is 2.39. The van der Waals surface area contributed by atoms with Gasteiger partial charge in [-0.2, -0.15) is 10.2 Å². The molecule has 1 saturated carbocycles. The highest BCUT2D eigenvalue weighted by atomic mass is 35.5. The van der Waals surface area contributed by atoms with Crippen LogP contribution in [0.15, 0.2) is 30.7 Å². The minimum Gasteiger partial charge on any atom is -0.348 e. The lowest BCUT2D eigenvalue weighted by molar-refractivity contribution is 0.0669. The van der Waals surface area contributed by atoms with E-state index in [9.17, 15) is 4.79 Å². The molecule has 1 atom stereocenters. The second-order valence-corrected chi connectivity index (χ2v) is 8.27. The molecule has 0 saturated heterocycles. The number of nitrogens with zero attached hydrogens (tertiary/aromatic N) is 7. The molecular formula is C20H19ClN8O. The monoisotopic (exact) mass is 422 g/mol. The summed E-state index contributed by atoms with van der Waals surface area (Å²) in [5.41, 5.74) is 3.33. The molecule has 0 spiro atoms. The van der Waals surface area contributed by atoms with Crippen LogP contribution in [0.5, 0.6) is 0 Å². The van der Waals surface area contributed by atoms with Crippen molar-refractivity contribution in [2.45, 2.75) is 31.2 Å². The Bertz CT molecular complexity index is 1280. The van der Waals surface area contributed by atoms with E-state index < -0.39 is 6.04 Å². The lowest BCUT2D eigenvalue weighted by Crippen LogP contribution is -2.42. The molecule has 0 aromatic carbocycles. The van der Waals surface area contributed by atoms with Gasteiger partial charge in [0.1, 0.15) is 6.04 Å². The van der Waals surface area contributed by atoms with Crippen LogP contribution in [0.2, 0.25) is 5.02 Å². The molecule has 10 heteroatoms. The van der Waals surface area contributed by atoms with Gasteiger partial charge < -0.3 is 9.88 Å². The summed E-state index contributed by atoms with van der Waals surface area (Å²) in [6.45, 7) is 0.534. The maximum absolute atomic E-state index is 13.6. The van der Waals surface area contributed by atoms with Crippen LogP contribution in [0.3, 0.4) is 0 Å². The van der Waals surface area contributed by atoms with E-state index in [0.717, 1.165) is 35.6 Å². The summed E-state index contributed by atoms with van der Waals surface area (Å²) < 4.78 is 3.32. The number of aromatic amines is 1. The maximum atomic E-state index is 13.6. The molecule has 1 aliphatic carbocycles. The van der Waals surface area contributed by atoms with Crippen LogP contribution in [0.4, 0.5) is 0 Å². The molecule has 9 nitrogen and oxygen atoms in total. The van der Waals surface area contributed by atoms with Gasteiger partial charge in [0, 0.05) is 37.8 Å². The first-order chi connectivity index (χ1) is 14.6. The minimum absolute atomic E-state index is 0.168. The van der Waals surface area contributed by atoms with Crippen molar-refractivity contribution in [2.75, 3.05) is 6.54 Å². The highest BCUT2D eigenvalue weighted by Gasteiger charge is 2.38. The fourth-order valence-corrected chi connectivity index (χ4v) is 4.38. The third kappa shape index (κ3) is 2.65. The number of aryl methyl sites for hydroxylation is 1. The summed E-state index contributed by atoms with van der Waals surface area (Å²) in [6.07, 6.45) is 6.38. The molecule has 152 valence electrons. The summed E-state index contributed by atoms with van der Waals surface area (Å²) in [7, 11) is 1.77. The third-order valence-electron chi connectivity index (χ3n) is 5.85. The zero-order valence-corrected chi connectivity index (χ0v) is 17.0. The van der Waals surface area contributed by atoms with Gasteiger partial charge >= 0.3 is 0 Å². The Hall–Kier alpha value is -3.20. The number of carbonyl (C=O) groups is 1. The number of halogens is 1. The second kappa shape index (κ2) is 6.40. The first-order valence-corrected chi connectivity index (χ1v) is 10.4. The van der Waals surface area contributed by atoms with Crippen molar-refractivity contribution in [2.24, 2.45) is 7.05 Å². The van der Waals surface area contributed by atoms with E-state index >= 15 is 0 Å². The number of imidazole rings is 1. The maximum Gasteiger partial charge on any atom is 0.292 e. The van der Waals surface area contributed by atoms with E-state index in [0.29, 0.717) is 35.4 Å². The van der Waals surface area contributed by atoms with Gasteiger partial charge in [-0.25, -0.2) is 19.2 Å². The molecule has 1 unspecified atom stereocenters. The van der Waals surface area contributed by atoms with E-state index in [2.05, 4.69) is 20.1 Å². The first kappa shape index (κ1) is 17.6. The largest absolute Gasteiger partial charge is 0.348 e. The lowest BCUT2D eigenvalue weighted by atomic mass is 9.99. The molecular weight excluding hydrogens is 404 g/mol. The van der Waals surface area contributed by atoms with Crippen molar-refractivity contribution >= 4 is 23.0 Å². The molecule has 2 aliphatic rings. The fraction of sp³-hybridized carbons (Fsp3) is 0.350. The van der Waals surface area contributed by atoms with Crippen LogP contribution < -0.4 is 0 Å². The fourth-order valence-electron chi connectivity index (χ4n) is 4.16. The molecule has 0 bridgehead atoms. The predicted molar refractivity (Wildman–Crippen MR) is 108 cm³/mol. The number of carbonyl (C=O) groups excluding carboxylic acids is 1. The SMILES string of the molecule is Cn1nc(C2CC2)nc1C(=O)N1CCc2[nH]cnc2C1c1cc2c(Cl)cccn2n1. The Kier molecular flexibility index (Phi) is 3.76. The smallest absolute Gasteiger partial charge is 0.292 e. The summed E-state index contributed by atoms with van der Waals surface area (Å²) in [6, 6.07) is 5.16. The quantitative estimate of drug-likeness (QED) is 0.547. The second-order valence-electron chi connectivity index (χ2n) is 7.86. The van der Waals surface area contributed by atoms with Crippen LogP contribution in [-0.2, 0) is 13.5 Å². The molecule has 4 aromatic heterocycles. The summed E-state index contributed by atoms with van der Waals surface area (Å²) in [5, 5.41) is 9.78. The normalized spacial score (nSPS) is 18.7. The summed E-state index contributed by atoms with van der Waals surface area (Å²) >= 11 is 6.36. The Balaban J connectivity index is 1.45. The van der Waals surface area contributed by atoms with Crippen molar-refractivity contribution in [1.29, 1.82) is 0 Å². The van der Waals surface area contributed by atoms with Crippen molar-refractivity contribution < 1.29 is 4.79 Å². The number of nitrogens with one attached hydrogen (secondary N) is 1. The lowest BCUT2D eigenvalue weighted by Gasteiger charge is -2.33. The minimum atomic E-state index is -0.426. The predicted octanol–water partition coefficient (Wildman–Crippen LogP) is 2.50. The van der Waals surface area contributed by atoms with Crippen molar-refractivity contribution in [3.63, 3.8) is 0 Å². The van der Waals surface area contributed by atoms with E-state index in [1.165, 1.54) is 0 Å². The molecule has 0 radical (unpaired) electrons. The van der Waals surface area contributed by atoms with Gasteiger partial charge in [0.2, 0.25) is 5.82 Å². The Labute approximate surface area is 176 Å². The van der Waals surface area contributed by atoms with E-state index in [-0.39, 0.29) is 5.91 Å². The van der Waals surface area contributed by atoms with Crippen LogP contribution in [0.25, 0.3) is 5.52 Å². The van der Waals surface area contributed by atoms with Crippen molar-refractivity contribution in [1.82, 2.24) is 39.2 Å². The third-order valence-corrected chi connectivity index (χ3v) is 6.17. The highest BCUT2D eigenvalue weighted by molar-refractivity contribution is 6.33. The zero-order chi connectivity index (χ0) is 20.4. The van der Waals surface area contributed by atoms with Gasteiger partial charge in [-0.1, -0.05) is 11.6 Å². The Morgan fingerprint density at radius 2 is 2.17 bits per heavy atom. The Morgan fingerprint density at radius 3 is 2.97 bits per heavy atom. The van der Waals surface area contributed by atoms with Crippen LogP contribution in [0.1, 0.15) is 58.3 Å². The average molecular weight is 423 g/mol. The standard InChI is InChI=1S/C20H19ClN8O/c1-27-19(24-18(26-27)11-4-5-11)20(30)28-8-6-13-16(23-10-22-13)17(28)14-9-15-12(21)3-2-7-29(15)25-14/h2-3,7,9-11,17H,4-6,8H2,1H3,(H,22,23). The number of aromatic nitrogens is 7. The number of pyridine rings is 1. The van der Waals surface area contributed by atoms with Gasteiger partial charge in [0.05, 0.1) is 28.3 Å². The number of amides is 1. The van der Waals surface area contributed by atoms with Crippen LogP contribution >= 0.6 is 11.6 Å². The van der Waals surface area contributed by atoms with Gasteiger partial charge in [-0.15, -0.1) is 0 Å². The van der Waals surface area contributed by atoms with Gasteiger partial charge in [-0.3, -0.25) is 4.79 Å². The topological polar surface area (TPSA) is 97.0 Å². The van der Waals surface area contributed by atoms with E-state index in [4.69, 9.17) is 16.7 Å². The van der Waals surface area contributed by atoms with Crippen LogP contribution in [-0.4, -0.2) is 51.7 Å². The number of fused-ring (bicyclic) bond motifs is 2. The van der Waals surface area contributed by atoms with E-state index in [1.54, 1.807) is 27.5 Å². The zero-order valence-electron chi connectivity index (χ0n) is 16.3. The number of hydrogen-bond acceptors (Lipinski definition) is 5. The summed E-state index contributed by atoms with van der Waals surface area (Å²) in [4.78, 5) is 27.7. The molecule has 1 fully saturated rings. The van der Waals surface area contributed by atoms with Gasteiger partial charge in [-0.05, 0) is 31.0 Å². The van der Waals surface area contributed by atoms with Crippen LogP contribution in [0, 0.1) is 0 Å². The number of rotatable bonds is 3.